The molecule has 1 aromatic carbocycles. The molecule has 2 atom stereocenters. The summed E-state index contributed by atoms with van der Waals surface area (Å²) in [4.78, 5) is 0. The number of nitrogens with zero attached hydrogens (tertiary/aromatic N) is 2. The number of halogens is 2. The Morgan fingerprint density at radius 1 is 0.625 bits per heavy atom. The van der Waals surface area contributed by atoms with Crippen molar-refractivity contribution in [2.75, 3.05) is 0 Å². The molecule has 4 N–H and O–H groups in total. The lowest BCUT2D eigenvalue weighted by Gasteiger charge is -2.18. The highest BCUT2D eigenvalue weighted by atomic mass is 35.5. The van der Waals surface area contributed by atoms with E-state index in [2.05, 4.69) is 0 Å². The molecule has 0 spiro atoms. The second kappa shape index (κ2) is 6.22. The van der Waals surface area contributed by atoms with Gasteiger partial charge in [-0.05, 0) is 17.2 Å². The fourth-order valence-corrected chi connectivity index (χ4v) is 3.14. The number of benzene rings is 1. The SMILES string of the molecule is Oc1ccc(O)n1C(Cl)c1cccc(C(Cl)n2c(O)ccc2O)c1. The van der Waals surface area contributed by atoms with Gasteiger partial charge >= 0.3 is 0 Å². The van der Waals surface area contributed by atoms with E-state index in [1.807, 2.05) is 0 Å². The highest BCUT2D eigenvalue weighted by molar-refractivity contribution is 6.21. The van der Waals surface area contributed by atoms with Gasteiger partial charge in [0.1, 0.15) is 11.0 Å². The molecule has 0 saturated carbocycles. The van der Waals surface area contributed by atoms with E-state index in [0.717, 1.165) is 9.13 Å². The molecule has 0 radical (unpaired) electrons. The van der Waals surface area contributed by atoms with Crippen LogP contribution in [0.15, 0.2) is 48.5 Å². The molecule has 0 amide bonds. The second-order valence-corrected chi connectivity index (χ2v) is 6.01. The molecule has 0 saturated heterocycles. The van der Waals surface area contributed by atoms with E-state index in [4.69, 9.17) is 23.2 Å². The Kier molecular flexibility index (Phi) is 4.26. The van der Waals surface area contributed by atoms with Gasteiger partial charge < -0.3 is 20.4 Å². The van der Waals surface area contributed by atoms with Crippen LogP contribution in [0.25, 0.3) is 0 Å². The summed E-state index contributed by atoms with van der Waals surface area (Å²) in [5, 5.41) is 39.1. The summed E-state index contributed by atoms with van der Waals surface area (Å²) in [7, 11) is 0. The number of hydrogen-bond donors (Lipinski definition) is 4. The van der Waals surface area contributed by atoms with Gasteiger partial charge in [-0.2, -0.15) is 0 Å². The van der Waals surface area contributed by atoms with E-state index in [9.17, 15) is 20.4 Å². The Hall–Kier alpha value is -2.44. The summed E-state index contributed by atoms with van der Waals surface area (Å²) in [5.41, 5.74) is -0.605. The number of alkyl halides is 2. The normalized spacial score (nSPS) is 13.8. The van der Waals surface area contributed by atoms with Gasteiger partial charge in [0.05, 0.1) is 0 Å². The third-order valence-electron chi connectivity index (χ3n) is 3.66. The molecule has 2 unspecified atom stereocenters. The average molecular weight is 369 g/mol. The van der Waals surface area contributed by atoms with Gasteiger partial charge in [-0.1, -0.05) is 41.4 Å². The first-order valence-electron chi connectivity index (χ1n) is 6.96. The first kappa shape index (κ1) is 16.4. The Morgan fingerprint density at radius 3 is 1.29 bits per heavy atom. The number of aromatic hydroxyl groups is 4. The van der Waals surface area contributed by atoms with E-state index in [0.29, 0.717) is 11.1 Å². The van der Waals surface area contributed by atoms with Crippen molar-refractivity contribution >= 4 is 23.2 Å². The molecular weight excluding hydrogens is 355 g/mol. The van der Waals surface area contributed by atoms with Crippen molar-refractivity contribution in [3.05, 3.63) is 59.7 Å². The molecular formula is C16H14Cl2N2O4. The number of rotatable bonds is 4. The maximum absolute atomic E-state index is 9.79. The lowest BCUT2D eigenvalue weighted by atomic mass is 10.1. The van der Waals surface area contributed by atoms with Gasteiger partial charge in [0.2, 0.25) is 0 Å². The Labute approximate surface area is 147 Å². The zero-order valence-corrected chi connectivity index (χ0v) is 13.7. The first-order chi connectivity index (χ1) is 11.4. The fourth-order valence-electron chi connectivity index (χ4n) is 2.47. The van der Waals surface area contributed by atoms with E-state index >= 15 is 0 Å². The average Bonchev–Trinajstić information content (AvgIpc) is 3.08. The van der Waals surface area contributed by atoms with E-state index in [1.54, 1.807) is 24.3 Å². The Balaban J connectivity index is 1.98. The minimum Gasteiger partial charge on any atom is -0.494 e. The molecule has 2 aromatic heterocycles. The maximum atomic E-state index is 9.79. The fraction of sp³-hybridized carbons (Fsp3) is 0.125. The monoisotopic (exact) mass is 368 g/mol. The zero-order chi connectivity index (χ0) is 17.4. The predicted molar refractivity (Wildman–Crippen MR) is 89.9 cm³/mol. The molecule has 24 heavy (non-hydrogen) atoms. The lowest BCUT2D eigenvalue weighted by molar-refractivity contribution is 0.373. The molecule has 0 aliphatic heterocycles. The molecule has 126 valence electrons. The quantitative estimate of drug-likeness (QED) is 0.528. The van der Waals surface area contributed by atoms with Gasteiger partial charge in [0.15, 0.2) is 23.5 Å². The van der Waals surface area contributed by atoms with Gasteiger partial charge in [0, 0.05) is 24.3 Å². The molecule has 3 aromatic rings. The van der Waals surface area contributed by atoms with Crippen molar-refractivity contribution in [3.63, 3.8) is 0 Å². The molecule has 8 heteroatoms. The van der Waals surface area contributed by atoms with E-state index in [1.165, 1.54) is 24.3 Å². The van der Waals surface area contributed by atoms with Gasteiger partial charge in [-0.3, -0.25) is 9.13 Å². The molecule has 0 aliphatic carbocycles. The van der Waals surface area contributed by atoms with Crippen LogP contribution < -0.4 is 0 Å². The molecule has 6 nitrogen and oxygen atoms in total. The summed E-state index contributed by atoms with van der Waals surface area (Å²) >= 11 is 12.7. The van der Waals surface area contributed by atoms with Crippen LogP contribution >= 0.6 is 23.2 Å². The van der Waals surface area contributed by atoms with Crippen LogP contribution in [0.2, 0.25) is 0 Å². The van der Waals surface area contributed by atoms with Gasteiger partial charge in [-0.15, -0.1) is 0 Å². The second-order valence-electron chi connectivity index (χ2n) is 5.18. The predicted octanol–water partition coefficient (Wildman–Crippen LogP) is 3.68. The first-order valence-corrected chi connectivity index (χ1v) is 7.83. The van der Waals surface area contributed by atoms with Crippen molar-refractivity contribution < 1.29 is 20.4 Å². The van der Waals surface area contributed by atoms with E-state index < -0.39 is 11.0 Å². The molecule has 2 heterocycles. The molecule has 0 fully saturated rings. The molecule has 0 bridgehead atoms. The lowest BCUT2D eigenvalue weighted by Crippen LogP contribution is -2.07. The van der Waals surface area contributed by atoms with Crippen LogP contribution in [0.1, 0.15) is 22.1 Å². The third-order valence-corrected chi connectivity index (χ3v) is 4.56. The highest BCUT2D eigenvalue weighted by Crippen LogP contribution is 2.37. The van der Waals surface area contributed by atoms with Crippen LogP contribution in [-0.4, -0.2) is 29.6 Å². The smallest absolute Gasteiger partial charge is 0.195 e. The van der Waals surface area contributed by atoms with Crippen LogP contribution in [0.5, 0.6) is 23.5 Å². The topological polar surface area (TPSA) is 90.8 Å². The van der Waals surface area contributed by atoms with Crippen LogP contribution in [0.3, 0.4) is 0 Å². The van der Waals surface area contributed by atoms with Crippen LogP contribution in [-0.2, 0) is 0 Å². The summed E-state index contributed by atoms with van der Waals surface area (Å²) < 4.78 is 2.29. The highest BCUT2D eigenvalue weighted by Gasteiger charge is 2.21. The van der Waals surface area contributed by atoms with Gasteiger partial charge in [0.25, 0.3) is 0 Å². The summed E-state index contributed by atoms with van der Waals surface area (Å²) in [6.07, 6.45) is 0. The maximum Gasteiger partial charge on any atom is 0.195 e. The Morgan fingerprint density at radius 2 is 0.958 bits per heavy atom. The largest absolute Gasteiger partial charge is 0.494 e. The van der Waals surface area contributed by atoms with Crippen molar-refractivity contribution in [2.45, 2.75) is 11.0 Å². The molecule has 3 rings (SSSR count). The Bertz CT molecular complexity index is 768. The van der Waals surface area contributed by atoms with Gasteiger partial charge in [-0.25, -0.2) is 0 Å². The van der Waals surface area contributed by atoms with Crippen molar-refractivity contribution in [2.24, 2.45) is 0 Å². The third kappa shape index (κ3) is 2.74. The minimum atomic E-state index is -0.865. The van der Waals surface area contributed by atoms with Crippen LogP contribution in [0.4, 0.5) is 0 Å². The number of hydrogen-bond acceptors (Lipinski definition) is 4. The number of aromatic nitrogens is 2. The standard InChI is InChI=1S/C16H14Cl2N2O4/c17-15(19-11(21)4-5-12(19)22)9-2-1-3-10(8-9)16(18)20-13(23)6-7-14(20)24/h1-8,15-16,21-24H. The zero-order valence-electron chi connectivity index (χ0n) is 12.2. The minimum absolute atomic E-state index is 0.180. The van der Waals surface area contributed by atoms with Crippen molar-refractivity contribution in [1.29, 1.82) is 0 Å². The summed E-state index contributed by atoms with van der Waals surface area (Å²) in [6.45, 7) is 0. The summed E-state index contributed by atoms with van der Waals surface area (Å²) in [5.74, 6) is -0.718. The van der Waals surface area contributed by atoms with Crippen LogP contribution in [0, 0.1) is 0 Å². The van der Waals surface area contributed by atoms with E-state index in [-0.39, 0.29) is 23.5 Å². The summed E-state index contributed by atoms with van der Waals surface area (Å²) in [6, 6.07) is 12.1. The molecule has 0 aliphatic rings. The van der Waals surface area contributed by atoms with Crippen molar-refractivity contribution in [1.82, 2.24) is 9.13 Å². The van der Waals surface area contributed by atoms with Crippen molar-refractivity contribution in [3.8, 4) is 23.5 Å².